The fraction of sp³-hybridized carbons (Fsp3) is 0.923. The van der Waals surface area contributed by atoms with Gasteiger partial charge in [-0.2, -0.15) is 0 Å². The van der Waals surface area contributed by atoms with Gasteiger partial charge in [-0.1, -0.05) is 56.7 Å². The summed E-state index contributed by atoms with van der Waals surface area (Å²) in [6.07, 6.45) is 8.75. The molecule has 0 aromatic carbocycles. The zero-order valence-electron chi connectivity index (χ0n) is 11.4. The van der Waals surface area contributed by atoms with Crippen LogP contribution in [0.2, 0.25) is 0 Å². The molecule has 17 heavy (non-hydrogen) atoms. The zero-order valence-corrected chi connectivity index (χ0v) is 13.0. The highest BCUT2D eigenvalue weighted by atomic mass is 33.1. The molecule has 0 amide bonds. The molecule has 0 saturated heterocycles. The standard InChI is InChI=1S/C13H26O2S2/c1-4-6-7-8-9-10-11-16-17-13(14)15-12(3)5-2/h12H,4-11H2,1-3H3. The predicted molar refractivity (Wildman–Crippen MR) is 79.7 cm³/mol. The van der Waals surface area contributed by atoms with Crippen molar-refractivity contribution in [1.29, 1.82) is 0 Å². The minimum Gasteiger partial charge on any atom is -0.454 e. The van der Waals surface area contributed by atoms with Crippen LogP contribution < -0.4 is 0 Å². The van der Waals surface area contributed by atoms with Gasteiger partial charge in [0.1, 0.15) is 0 Å². The van der Waals surface area contributed by atoms with Crippen LogP contribution in [0.25, 0.3) is 0 Å². The van der Waals surface area contributed by atoms with Gasteiger partial charge < -0.3 is 4.74 Å². The minimum absolute atomic E-state index is 0.0460. The Balaban J connectivity index is 3.19. The molecule has 0 aromatic rings. The second-order valence-corrected chi connectivity index (χ2v) is 6.61. The van der Waals surface area contributed by atoms with Crippen molar-refractivity contribution in [2.75, 3.05) is 5.75 Å². The Kier molecular flexibility index (Phi) is 12.7. The number of hydrogen-bond donors (Lipinski definition) is 0. The largest absolute Gasteiger partial charge is 0.454 e. The van der Waals surface area contributed by atoms with Crippen molar-refractivity contribution in [2.24, 2.45) is 0 Å². The zero-order chi connectivity index (χ0) is 12.9. The molecule has 1 unspecified atom stereocenters. The van der Waals surface area contributed by atoms with Crippen LogP contribution in [0.4, 0.5) is 4.79 Å². The van der Waals surface area contributed by atoms with E-state index in [0.717, 1.165) is 12.2 Å². The molecule has 0 spiro atoms. The Morgan fingerprint density at radius 1 is 1.12 bits per heavy atom. The van der Waals surface area contributed by atoms with E-state index in [0.29, 0.717) is 0 Å². The van der Waals surface area contributed by atoms with Gasteiger partial charge in [0.15, 0.2) is 0 Å². The third-order valence-electron chi connectivity index (χ3n) is 2.58. The maximum Gasteiger partial charge on any atom is 0.378 e. The van der Waals surface area contributed by atoms with E-state index in [2.05, 4.69) is 6.92 Å². The first kappa shape index (κ1) is 17.2. The van der Waals surface area contributed by atoms with E-state index in [1.54, 1.807) is 10.8 Å². The minimum atomic E-state index is -0.143. The highest BCUT2D eigenvalue weighted by Crippen LogP contribution is 2.25. The summed E-state index contributed by atoms with van der Waals surface area (Å²) in [7, 11) is 2.86. The Hall–Kier alpha value is 0.170. The van der Waals surface area contributed by atoms with Crippen molar-refractivity contribution in [3.63, 3.8) is 0 Å². The summed E-state index contributed by atoms with van der Waals surface area (Å²) in [5.74, 6) is 1.05. The molecule has 0 aliphatic carbocycles. The second kappa shape index (κ2) is 12.6. The highest BCUT2D eigenvalue weighted by Gasteiger charge is 2.08. The summed E-state index contributed by atoms with van der Waals surface area (Å²) >= 11 is 0. The Morgan fingerprint density at radius 3 is 2.41 bits per heavy atom. The van der Waals surface area contributed by atoms with Crippen molar-refractivity contribution < 1.29 is 9.53 Å². The molecule has 2 nitrogen and oxygen atoms in total. The molecule has 0 N–H and O–H groups in total. The van der Waals surface area contributed by atoms with Gasteiger partial charge in [0.2, 0.25) is 0 Å². The average molecular weight is 278 g/mol. The summed E-state index contributed by atoms with van der Waals surface area (Å²) in [4.78, 5) is 11.3. The Bertz CT molecular complexity index is 186. The van der Waals surface area contributed by atoms with Gasteiger partial charge in [-0.15, -0.1) is 0 Å². The van der Waals surface area contributed by atoms with E-state index in [-0.39, 0.29) is 11.4 Å². The molecule has 102 valence electrons. The number of carbonyl (C=O) groups excluding carboxylic acids is 1. The van der Waals surface area contributed by atoms with Crippen LogP contribution in [0.1, 0.15) is 65.7 Å². The fourth-order valence-electron chi connectivity index (χ4n) is 1.30. The van der Waals surface area contributed by atoms with Crippen molar-refractivity contribution in [2.45, 2.75) is 71.8 Å². The third-order valence-corrected chi connectivity index (χ3v) is 4.65. The van der Waals surface area contributed by atoms with E-state index in [4.69, 9.17) is 4.74 Å². The van der Waals surface area contributed by atoms with Crippen LogP contribution in [0.3, 0.4) is 0 Å². The van der Waals surface area contributed by atoms with Gasteiger partial charge >= 0.3 is 5.30 Å². The Morgan fingerprint density at radius 2 is 1.76 bits per heavy atom. The quantitative estimate of drug-likeness (QED) is 0.292. The number of hydrogen-bond acceptors (Lipinski definition) is 4. The van der Waals surface area contributed by atoms with Gasteiger partial charge in [-0.3, -0.25) is 0 Å². The van der Waals surface area contributed by atoms with Gasteiger partial charge in [0.05, 0.1) is 6.10 Å². The number of carbonyl (C=O) groups is 1. The van der Waals surface area contributed by atoms with Gasteiger partial charge in [0, 0.05) is 16.5 Å². The molecule has 0 aliphatic rings. The van der Waals surface area contributed by atoms with Crippen LogP contribution in [-0.4, -0.2) is 17.2 Å². The predicted octanol–water partition coefficient (Wildman–Crippen LogP) is 5.66. The van der Waals surface area contributed by atoms with Crippen molar-refractivity contribution in [1.82, 2.24) is 0 Å². The molecule has 4 heteroatoms. The molecule has 0 saturated carbocycles. The first-order chi connectivity index (χ1) is 8.20. The van der Waals surface area contributed by atoms with Crippen LogP contribution >= 0.6 is 21.6 Å². The third kappa shape index (κ3) is 12.4. The Labute approximate surface area is 114 Å². The lowest BCUT2D eigenvalue weighted by Gasteiger charge is -2.09. The SMILES string of the molecule is CCCCCCCCSSC(=O)OC(C)CC. The highest BCUT2D eigenvalue weighted by molar-refractivity contribution is 8.82. The van der Waals surface area contributed by atoms with Gasteiger partial charge in [-0.05, 0) is 19.8 Å². The lowest BCUT2D eigenvalue weighted by molar-refractivity contribution is 0.131. The fourth-order valence-corrected chi connectivity index (χ4v) is 3.01. The lowest BCUT2D eigenvalue weighted by Crippen LogP contribution is -2.08. The smallest absolute Gasteiger partial charge is 0.378 e. The van der Waals surface area contributed by atoms with Crippen LogP contribution in [0.15, 0.2) is 0 Å². The van der Waals surface area contributed by atoms with Crippen LogP contribution in [0, 0.1) is 0 Å². The van der Waals surface area contributed by atoms with Crippen molar-refractivity contribution in [3.05, 3.63) is 0 Å². The first-order valence-electron chi connectivity index (χ1n) is 6.70. The molecule has 0 heterocycles. The van der Waals surface area contributed by atoms with Crippen molar-refractivity contribution >= 4 is 26.9 Å². The molecule has 0 bridgehead atoms. The van der Waals surface area contributed by atoms with E-state index in [9.17, 15) is 4.79 Å². The lowest BCUT2D eigenvalue weighted by atomic mass is 10.1. The van der Waals surface area contributed by atoms with Crippen LogP contribution in [-0.2, 0) is 4.74 Å². The van der Waals surface area contributed by atoms with E-state index in [1.807, 2.05) is 13.8 Å². The van der Waals surface area contributed by atoms with Gasteiger partial charge in [-0.25, -0.2) is 4.79 Å². The molecule has 1 atom stereocenters. The molecule has 0 fully saturated rings. The molecule has 0 aromatic heterocycles. The van der Waals surface area contributed by atoms with E-state index >= 15 is 0 Å². The normalized spacial score (nSPS) is 12.4. The average Bonchev–Trinajstić information content (AvgIpc) is 2.32. The molecule has 0 rings (SSSR count). The molecule has 0 radical (unpaired) electrons. The topological polar surface area (TPSA) is 26.3 Å². The van der Waals surface area contributed by atoms with Crippen molar-refractivity contribution in [3.8, 4) is 0 Å². The second-order valence-electron chi connectivity index (χ2n) is 4.26. The van der Waals surface area contributed by atoms with E-state index < -0.39 is 0 Å². The summed E-state index contributed by atoms with van der Waals surface area (Å²) in [5.41, 5.74) is 0. The van der Waals surface area contributed by atoms with Crippen LogP contribution in [0.5, 0.6) is 0 Å². The molecule has 0 aliphatic heterocycles. The van der Waals surface area contributed by atoms with E-state index in [1.165, 1.54) is 49.3 Å². The number of rotatable bonds is 10. The summed E-state index contributed by atoms with van der Waals surface area (Å²) in [5, 5.41) is -0.143. The summed E-state index contributed by atoms with van der Waals surface area (Å²) in [6, 6.07) is 0. The molecular formula is C13H26O2S2. The van der Waals surface area contributed by atoms with Gasteiger partial charge in [0.25, 0.3) is 0 Å². The maximum absolute atomic E-state index is 11.3. The molecular weight excluding hydrogens is 252 g/mol. The first-order valence-corrected chi connectivity index (χ1v) is 9.02. The summed E-state index contributed by atoms with van der Waals surface area (Å²) < 4.78 is 5.16. The monoisotopic (exact) mass is 278 g/mol. The summed E-state index contributed by atoms with van der Waals surface area (Å²) in [6.45, 7) is 6.18. The number of ether oxygens (including phenoxy) is 1. The maximum atomic E-state index is 11.3. The number of unbranched alkanes of at least 4 members (excludes halogenated alkanes) is 5.